The van der Waals surface area contributed by atoms with Crippen LogP contribution in [0.1, 0.15) is 0 Å². The molecule has 1 aromatic carbocycles. The molecular formula is C10H10IN5O2. The molecule has 2 aromatic rings. The predicted molar refractivity (Wildman–Crippen MR) is 74.3 cm³/mol. The van der Waals surface area contributed by atoms with Crippen molar-refractivity contribution in [1.82, 2.24) is 15.0 Å². The van der Waals surface area contributed by atoms with Crippen LogP contribution in [0.15, 0.2) is 30.6 Å². The maximum absolute atomic E-state index is 10.9. The molecule has 0 saturated carbocycles. The van der Waals surface area contributed by atoms with Crippen molar-refractivity contribution in [3.63, 3.8) is 0 Å². The molecule has 1 N–H and O–H groups in total. The second-order valence-electron chi connectivity index (χ2n) is 3.51. The van der Waals surface area contributed by atoms with Gasteiger partial charge >= 0.3 is 0 Å². The minimum Gasteiger partial charge on any atom is -0.378 e. The third-order valence-electron chi connectivity index (χ3n) is 2.28. The van der Waals surface area contributed by atoms with E-state index in [9.17, 15) is 10.1 Å². The van der Waals surface area contributed by atoms with Crippen molar-refractivity contribution in [3.05, 3.63) is 44.3 Å². The zero-order chi connectivity index (χ0) is 13.0. The van der Waals surface area contributed by atoms with Crippen LogP contribution in [-0.2, 0) is 6.54 Å². The van der Waals surface area contributed by atoms with Crippen LogP contribution in [0.5, 0.6) is 0 Å². The largest absolute Gasteiger partial charge is 0.378 e. The van der Waals surface area contributed by atoms with Crippen molar-refractivity contribution in [1.29, 1.82) is 0 Å². The number of aromatic nitrogens is 3. The monoisotopic (exact) mass is 359 g/mol. The van der Waals surface area contributed by atoms with E-state index in [1.807, 2.05) is 28.7 Å². The molecule has 0 radical (unpaired) electrons. The lowest BCUT2D eigenvalue weighted by atomic mass is 10.2. The van der Waals surface area contributed by atoms with Gasteiger partial charge < -0.3 is 5.32 Å². The van der Waals surface area contributed by atoms with Gasteiger partial charge in [-0.15, -0.1) is 5.10 Å². The van der Waals surface area contributed by atoms with Crippen LogP contribution in [0, 0.1) is 13.7 Å². The number of anilines is 1. The minimum absolute atomic E-state index is 0.0838. The summed E-state index contributed by atoms with van der Waals surface area (Å²) in [4.78, 5) is 10.5. The van der Waals surface area contributed by atoms with Crippen LogP contribution in [-0.4, -0.2) is 26.5 Å². The van der Waals surface area contributed by atoms with Crippen LogP contribution in [0.3, 0.4) is 0 Å². The molecule has 0 saturated heterocycles. The fourth-order valence-electron chi connectivity index (χ4n) is 1.46. The van der Waals surface area contributed by atoms with E-state index >= 15 is 0 Å². The smallest absolute Gasteiger partial charge is 0.293 e. The average molecular weight is 359 g/mol. The lowest BCUT2D eigenvalue weighted by molar-refractivity contribution is -0.384. The summed E-state index contributed by atoms with van der Waals surface area (Å²) in [6.45, 7) is 1.15. The molecule has 2 rings (SSSR count). The Balaban J connectivity index is 2.02. The second kappa shape index (κ2) is 5.76. The van der Waals surface area contributed by atoms with Crippen molar-refractivity contribution in [3.8, 4) is 0 Å². The molecule has 94 valence electrons. The van der Waals surface area contributed by atoms with Crippen LogP contribution >= 0.6 is 22.6 Å². The third-order valence-corrected chi connectivity index (χ3v) is 2.96. The number of nitrogens with zero attached hydrogens (tertiary/aromatic N) is 4. The Morgan fingerprint density at radius 2 is 2.33 bits per heavy atom. The molecule has 0 bridgehead atoms. The zero-order valence-corrected chi connectivity index (χ0v) is 11.4. The number of nitro groups is 1. The molecule has 8 heteroatoms. The standard InChI is InChI=1S/C10H10IN5O2/c11-8-1-2-9(10(7-8)16(17)18)12-3-5-15-6-4-13-14-15/h1-2,4,6-7,12H,3,5H2. The molecule has 0 atom stereocenters. The van der Waals surface area contributed by atoms with E-state index in [-0.39, 0.29) is 10.6 Å². The Bertz CT molecular complexity index is 543. The van der Waals surface area contributed by atoms with Gasteiger partial charge in [0.25, 0.3) is 5.69 Å². The van der Waals surface area contributed by atoms with E-state index in [0.717, 1.165) is 3.57 Å². The maximum Gasteiger partial charge on any atom is 0.293 e. The number of rotatable bonds is 5. The highest BCUT2D eigenvalue weighted by Gasteiger charge is 2.13. The topological polar surface area (TPSA) is 85.9 Å². The predicted octanol–water partition coefficient (Wildman–Crippen LogP) is 1.90. The molecule has 0 unspecified atom stereocenters. The van der Waals surface area contributed by atoms with Crippen molar-refractivity contribution in [2.75, 3.05) is 11.9 Å². The molecular weight excluding hydrogens is 349 g/mol. The van der Waals surface area contributed by atoms with Gasteiger partial charge in [-0.25, -0.2) is 0 Å². The number of hydrogen-bond acceptors (Lipinski definition) is 5. The van der Waals surface area contributed by atoms with Crippen molar-refractivity contribution >= 4 is 34.0 Å². The first-order valence-corrected chi connectivity index (χ1v) is 6.26. The summed E-state index contributed by atoms with van der Waals surface area (Å²) in [5, 5.41) is 21.4. The first-order valence-electron chi connectivity index (χ1n) is 5.19. The molecule has 18 heavy (non-hydrogen) atoms. The summed E-state index contributed by atoms with van der Waals surface area (Å²) in [5.41, 5.74) is 0.598. The summed E-state index contributed by atoms with van der Waals surface area (Å²) in [6.07, 6.45) is 3.33. The van der Waals surface area contributed by atoms with Crippen molar-refractivity contribution in [2.45, 2.75) is 6.54 Å². The van der Waals surface area contributed by atoms with Gasteiger partial charge in [-0.3, -0.25) is 14.8 Å². The fraction of sp³-hybridized carbons (Fsp3) is 0.200. The van der Waals surface area contributed by atoms with Crippen LogP contribution in [0.4, 0.5) is 11.4 Å². The molecule has 0 aliphatic heterocycles. The average Bonchev–Trinajstić information content (AvgIpc) is 2.84. The first kappa shape index (κ1) is 12.7. The summed E-state index contributed by atoms with van der Waals surface area (Å²) in [5.74, 6) is 0. The summed E-state index contributed by atoms with van der Waals surface area (Å²) in [6, 6.07) is 5.07. The molecule has 0 aliphatic carbocycles. The molecule has 0 amide bonds. The van der Waals surface area contributed by atoms with E-state index < -0.39 is 0 Å². The Morgan fingerprint density at radius 1 is 1.50 bits per heavy atom. The van der Waals surface area contributed by atoms with Gasteiger partial charge in [-0.2, -0.15) is 0 Å². The van der Waals surface area contributed by atoms with Crippen molar-refractivity contribution < 1.29 is 4.92 Å². The Hall–Kier alpha value is -1.71. The highest BCUT2D eigenvalue weighted by atomic mass is 127. The van der Waals surface area contributed by atoms with Gasteiger partial charge in [-0.05, 0) is 34.7 Å². The molecule has 0 aliphatic rings. The van der Waals surface area contributed by atoms with Gasteiger partial charge in [0.1, 0.15) is 5.69 Å². The summed E-state index contributed by atoms with van der Waals surface area (Å²) in [7, 11) is 0. The Morgan fingerprint density at radius 3 is 3.00 bits per heavy atom. The molecule has 1 aromatic heterocycles. The Labute approximate surface area is 116 Å². The maximum atomic E-state index is 10.9. The van der Waals surface area contributed by atoms with Crippen LogP contribution < -0.4 is 5.32 Å². The van der Waals surface area contributed by atoms with E-state index in [4.69, 9.17) is 0 Å². The number of benzene rings is 1. The number of nitro benzene ring substituents is 1. The van der Waals surface area contributed by atoms with Gasteiger partial charge in [0.2, 0.25) is 0 Å². The van der Waals surface area contributed by atoms with E-state index in [1.165, 1.54) is 0 Å². The highest BCUT2D eigenvalue weighted by Crippen LogP contribution is 2.25. The van der Waals surface area contributed by atoms with E-state index in [2.05, 4.69) is 15.6 Å². The van der Waals surface area contributed by atoms with Gasteiger partial charge in [0, 0.05) is 22.4 Å². The molecule has 7 nitrogen and oxygen atoms in total. The normalized spacial score (nSPS) is 10.3. The fourth-order valence-corrected chi connectivity index (χ4v) is 1.94. The summed E-state index contributed by atoms with van der Waals surface area (Å²) < 4.78 is 2.49. The second-order valence-corrected chi connectivity index (χ2v) is 4.76. The SMILES string of the molecule is O=[N+]([O-])c1cc(I)ccc1NCCn1ccnn1. The summed E-state index contributed by atoms with van der Waals surface area (Å²) >= 11 is 2.05. The van der Waals surface area contributed by atoms with Crippen LogP contribution in [0.2, 0.25) is 0 Å². The number of hydrogen-bond donors (Lipinski definition) is 1. The highest BCUT2D eigenvalue weighted by molar-refractivity contribution is 14.1. The lowest BCUT2D eigenvalue weighted by Gasteiger charge is -2.07. The quantitative estimate of drug-likeness (QED) is 0.501. The zero-order valence-electron chi connectivity index (χ0n) is 9.28. The molecule has 1 heterocycles. The first-order chi connectivity index (χ1) is 8.66. The number of halogens is 1. The van der Waals surface area contributed by atoms with Gasteiger partial charge in [0.05, 0.1) is 17.7 Å². The van der Waals surface area contributed by atoms with E-state index in [0.29, 0.717) is 18.8 Å². The molecule has 0 fully saturated rings. The number of nitrogens with one attached hydrogen (secondary N) is 1. The van der Waals surface area contributed by atoms with Gasteiger partial charge in [0.15, 0.2) is 0 Å². The molecule has 0 spiro atoms. The van der Waals surface area contributed by atoms with E-state index in [1.54, 1.807) is 29.2 Å². The van der Waals surface area contributed by atoms with Crippen LogP contribution in [0.25, 0.3) is 0 Å². The third kappa shape index (κ3) is 3.15. The van der Waals surface area contributed by atoms with Gasteiger partial charge in [-0.1, -0.05) is 5.21 Å². The lowest BCUT2D eigenvalue weighted by Crippen LogP contribution is -2.12. The Kier molecular flexibility index (Phi) is 4.07. The van der Waals surface area contributed by atoms with Crippen molar-refractivity contribution in [2.24, 2.45) is 0 Å². The minimum atomic E-state index is -0.389.